The number of thioether (sulfide) groups is 1. The fourth-order valence-electron chi connectivity index (χ4n) is 1.10. The molecule has 90 valence electrons. The molecule has 0 aromatic carbocycles. The lowest BCUT2D eigenvalue weighted by molar-refractivity contribution is 0.0944. The van der Waals surface area contributed by atoms with Crippen molar-refractivity contribution < 1.29 is 9.32 Å². The molecule has 0 spiro atoms. The molecule has 7 heteroatoms. The number of aromatic nitrogens is 1. The average Bonchev–Trinajstić information content (AvgIpc) is 2.74. The Morgan fingerprint density at radius 3 is 3.12 bits per heavy atom. The van der Waals surface area contributed by atoms with E-state index in [1.54, 1.807) is 17.8 Å². The number of hydrogen-bond acceptors (Lipinski definition) is 6. The van der Waals surface area contributed by atoms with Crippen LogP contribution in [0.1, 0.15) is 29.6 Å². The van der Waals surface area contributed by atoms with Crippen LogP contribution in [-0.2, 0) is 5.75 Å². The number of carbonyl (C=O) groups excluding carboxylic acids is 1. The first-order valence-corrected chi connectivity index (χ1v) is 6.00. The number of hydrazine groups is 1. The minimum Gasteiger partial charge on any atom is -0.360 e. The van der Waals surface area contributed by atoms with Gasteiger partial charge in [0.2, 0.25) is 0 Å². The Morgan fingerprint density at radius 1 is 1.75 bits per heavy atom. The van der Waals surface area contributed by atoms with Crippen LogP contribution < -0.4 is 17.0 Å². The highest BCUT2D eigenvalue weighted by Gasteiger charge is 2.11. The van der Waals surface area contributed by atoms with E-state index in [2.05, 4.69) is 12.1 Å². The number of amides is 1. The number of nitrogen functional groups attached to an aromatic ring is 1. The fourth-order valence-corrected chi connectivity index (χ4v) is 1.99. The second kappa shape index (κ2) is 6.51. The maximum absolute atomic E-state index is 11.1. The summed E-state index contributed by atoms with van der Waals surface area (Å²) in [5.41, 5.74) is 7.64. The lowest BCUT2D eigenvalue weighted by Crippen LogP contribution is -2.30. The van der Waals surface area contributed by atoms with Crippen molar-refractivity contribution in [3.8, 4) is 0 Å². The van der Waals surface area contributed by atoms with Gasteiger partial charge in [0.15, 0.2) is 5.69 Å². The highest BCUT2D eigenvalue weighted by molar-refractivity contribution is 7.99. The van der Waals surface area contributed by atoms with Gasteiger partial charge in [0.1, 0.15) is 5.76 Å². The van der Waals surface area contributed by atoms with Crippen molar-refractivity contribution in [3.63, 3.8) is 0 Å². The highest BCUT2D eigenvalue weighted by Crippen LogP contribution is 2.19. The van der Waals surface area contributed by atoms with Gasteiger partial charge in [-0.1, -0.05) is 12.1 Å². The van der Waals surface area contributed by atoms with Gasteiger partial charge in [-0.05, 0) is 13.0 Å². The van der Waals surface area contributed by atoms with Crippen molar-refractivity contribution in [1.82, 2.24) is 10.6 Å². The average molecular weight is 244 g/mol. The third-order valence-electron chi connectivity index (χ3n) is 2.01. The zero-order chi connectivity index (χ0) is 12.0. The zero-order valence-corrected chi connectivity index (χ0v) is 9.92. The van der Waals surface area contributed by atoms with E-state index in [9.17, 15) is 4.79 Å². The van der Waals surface area contributed by atoms with Gasteiger partial charge in [0.05, 0.1) is 5.75 Å². The Balaban J connectivity index is 2.43. The largest absolute Gasteiger partial charge is 0.360 e. The molecule has 0 aliphatic heterocycles. The minimum absolute atomic E-state index is 0.199. The Bertz CT molecular complexity index is 342. The highest BCUT2D eigenvalue weighted by atomic mass is 32.2. The molecule has 0 saturated carbocycles. The van der Waals surface area contributed by atoms with Crippen LogP contribution in [0.15, 0.2) is 10.6 Å². The van der Waals surface area contributed by atoms with Gasteiger partial charge in [0, 0.05) is 11.3 Å². The lowest BCUT2D eigenvalue weighted by atomic mass is 10.3. The van der Waals surface area contributed by atoms with E-state index in [-0.39, 0.29) is 5.69 Å². The number of carbonyl (C=O) groups is 1. The van der Waals surface area contributed by atoms with Crippen LogP contribution in [0, 0.1) is 0 Å². The van der Waals surface area contributed by atoms with Crippen molar-refractivity contribution >= 4 is 17.7 Å². The molecule has 0 fully saturated rings. The molecule has 1 heterocycles. The smallest absolute Gasteiger partial charge is 0.287 e. The molecule has 1 amide bonds. The summed E-state index contributed by atoms with van der Waals surface area (Å²) in [6, 6.07) is 1.59. The molecule has 1 aromatic rings. The second-order valence-corrected chi connectivity index (χ2v) is 4.78. The Labute approximate surface area is 98.1 Å². The van der Waals surface area contributed by atoms with Gasteiger partial charge in [-0.3, -0.25) is 10.2 Å². The van der Waals surface area contributed by atoms with E-state index in [0.717, 1.165) is 6.42 Å². The third kappa shape index (κ3) is 3.84. The first-order valence-electron chi connectivity index (χ1n) is 4.95. The van der Waals surface area contributed by atoms with Gasteiger partial charge in [-0.2, -0.15) is 11.8 Å². The van der Waals surface area contributed by atoms with Gasteiger partial charge in [0.25, 0.3) is 5.91 Å². The molecule has 6 nitrogen and oxygen atoms in total. The number of nitrogens with one attached hydrogen (secondary N) is 1. The molecule has 1 aromatic heterocycles. The van der Waals surface area contributed by atoms with Crippen LogP contribution in [0.5, 0.6) is 0 Å². The van der Waals surface area contributed by atoms with Crippen molar-refractivity contribution in [2.75, 3.05) is 6.54 Å². The SMILES string of the molecule is CC(CCN)SCc1cc(C(=O)NN)no1. The van der Waals surface area contributed by atoms with Crippen LogP contribution in [0.2, 0.25) is 0 Å². The molecule has 0 bridgehead atoms. The third-order valence-corrected chi connectivity index (χ3v) is 3.26. The quantitative estimate of drug-likeness (QED) is 0.376. The topological polar surface area (TPSA) is 107 Å². The Morgan fingerprint density at radius 2 is 2.50 bits per heavy atom. The fraction of sp³-hybridized carbons (Fsp3) is 0.556. The molecular weight excluding hydrogens is 228 g/mol. The van der Waals surface area contributed by atoms with Crippen LogP contribution >= 0.6 is 11.8 Å². The van der Waals surface area contributed by atoms with Crippen LogP contribution in [-0.4, -0.2) is 22.9 Å². The van der Waals surface area contributed by atoms with E-state index in [1.807, 2.05) is 5.43 Å². The Hall–Kier alpha value is -1.05. The maximum Gasteiger partial charge on any atom is 0.287 e. The summed E-state index contributed by atoms with van der Waals surface area (Å²) in [7, 11) is 0. The molecule has 1 rings (SSSR count). The predicted octanol–water partition coefficient (Wildman–Crippen LogP) is 0.249. The molecule has 0 aliphatic rings. The number of rotatable bonds is 6. The number of nitrogens with two attached hydrogens (primary N) is 2. The first kappa shape index (κ1) is 13.0. The number of nitrogens with zero attached hydrogens (tertiary/aromatic N) is 1. The van der Waals surface area contributed by atoms with Crippen molar-refractivity contribution in [2.45, 2.75) is 24.3 Å². The molecule has 1 atom stereocenters. The van der Waals surface area contributed by atoms with E-state index < -0.39 is 5.91 Å². The van der Waals surface area contributed by atoms with Crippen LogP contribution in [0.3, 0.4) is 0 Å². The summed E-state index contributed by atoms with van der Waals surface area (Å²) in [6.45, 7) is 2.77. The molecule has 0 saturated heterocycles. The van der Waals surface area contributed by atoms with Gasteiger partial charge >= 0.3 is 0 Å². The maximum atomic E-state index is 11.1. The Kier molecular flexibility index (Phi) is 5.30. The molecule has 0 radical (unpaired) electrons. The van der Waals surface area contributed by atoms with Crippen molar-refractivity contribution in [3.05, 3.63) is 17.5 Å². The molecular formula is C9H16N4O2S. The van der Waals surface area contributed by atoms with Crippen molar-refractivity contribution in [1.29, 1.82) is 0 Å². The normalized spacial score (nSPS) is 12.4. The summed E-state index contributed by atoms with van der Waals surface area (Å²) in [5.74, 6) is 5.86. The zero-order valence-electron chi connectivity index (χ0n) is 9.10. The summed E-state index contributed by atoms with van der Waals surface area (Å²) in [5, 5.41) is 4.07. The minimum atomic E-state index is -0.449. The molecule has 5 N–H and O–H groups in total. The van der Waals surface area contributed by atoms with E-state index >= 15 is 0 Å². The monoisotopic (exact) mass is 244 g/mol. The van der Waals surface area contributed by atoms with Crippen LogP contribution in [0.4, 0.5) is 0 Å². The number of hydrogen-bond donors (Lipinski definition) is 3. The predicted molar refractivity (Wildman–Crippen MR) is 62.6 cm³/mol. The van der Waals surface area contributed by atoms with Gasteiger partial charge < -0.3 is 10.3 Å². The summed E-state index contributed by atoms with van der Waals surface area (Å²) < 4.78 is 5.00. The van der Waals surface area contributed by atoms with Crippen molar-refractivity contribution in [2.24, 2.45) is 11.6 Å². The van der Waals surface area contributed by atoms with E-state index in [1.165, 1.54) is 0 Å². The molecule has 0 aliphatic carbocycles. The lowest BCUT2D eigenvalue weighted by Gasteiger charge is -2.06. The summed E-state index contributed by atoms with van der Waals surface area (Å²) >= 11 is 1.71. The van der Waals surface area contributed by atoms with Gasteiger partial charge in [-0.25, -0.2) is 5.84 Å². The van der Waals surface area contributed by atoms with Crippen LogP contribution in [0.25, 0.3) is 0 Å². The summed E-state index contributed by atoms with van der Waals surface area (Å²) in [6.07, 6.45) is 0.953. The second-order valence-electron chi connectivity index (χ2n) is 3.35. The molecule has 1 unspecified atom stereocenters. The van der Waals surface area contributed by atoms with Gasteiger partial charge in [-0.15, -0.1) is 0 Å². The van der Waals surface area contributed by atoms with E-state index in [4.69, 9.17) is 16.1 Å². The molecule has 16 heavy (non-hydrogen) atoms. The summed E-state index contributed by atoms with van der Waals surface area (Å²) in [4.78, 5) is 11.1. The van der Waals surface area contributed by atoms with E-state index in [0.29, 0.717) is 23.3 Å². The standard InChI is InChI=1S/C9H16N4O2S/c1-6(2-3-10)16-5-7-4-8(13-15-7)9(14)12-11/h4,6H,2-3,5,10-11H2,1H3,(H,12,14). The first-order chi connectivity index (χ1) is 7.67.